The van der Waals surface area contributed by atoms with E-state index in [0.717, 1.165) is 13.0 Å². The zero-order valence-electron chi connectivity index (χ0n) is 23.0. The highest BCUT2D eigenvalue weighted by atomic mass is 32.2. The molecule has 0 atom stereocenters. The molecule has 0 radical (unpaired) electrons. The highest BCUT2D eigenvalue weighted by molar-refractivity contribution is 7.86. The zero-order chi connectivity index (χ0) is 27.4. The van der Waals surface area contributed by atoms with E-state index in [1.807, 2.05) is 0 Å². The zero-order valence-corrected chi connectivity index (χ0v) is 23.8. The maximum atomic E-state index is 11.9. The van der Waals surface area contributed by atoms with Crippen molar-refractivity contribution in [3.8, 4) is 0 Å². The summed E-state index contributed by atoms with van der Waals surface area (Å²) < 4.78 is 66.9. The lowest BCUT2D eigenvalue weighted by Gasteiger charge is -2.09. The molecule has 0 heterocycles. The van der Waals surface area contributed by atoms with Crippen molar-refractivity contribution in [2.75, 3.05) is 99.1 Å². The molecule has 1 aromatic rings. The first kappa shape index (κ1) is 34.9. The molecule has 1 rings (SSSR count). The molecular weight excluding hydrogens is 516 g/mol. The van der Waals surface area contributed by atoms with Gasteiger partial charge in [0.2, 0.25) is 0 Å². The van der Waals surface area contributed by atoms with E-state index >= 15 is 0 Å². The van der Waals surface area contributed by atoms with E-state index in [1.54, 1.807) is 18.2 Å². The Morgan fingerprint density at radius 3 is 1.26 bits per heavy atom. The topological polar surface area (TPSA) is 108 Å². The van der Waals surface area contributed by atoms with Gasteiger partial charge in [-0.2, -0.15) is 8.42 Å². The molecule has 0 bridgehead atoms. The molecule has 1 aromatic carbocycles. The fourth-order valence-electron chi connectivity index (χ4n) is 3.09. The summed E-state index contributed by atoms with van der Waals surface area (Å²) in [7, 11) is -3.74. The van der Waals surface area contributed by atoms with Crippen LogP contribution in [0, 0.1) is 0 Å². The minimum absolute atomic E-state index is 0.0477. The van der Waals surface area contributed by atoms with Gasteiger partial charge in [0.25, 0.3) is 10.1 Å². The average molecular weight is 565 g/mol. The number of hydrogen-bond donors (Lipinski definition) is 0. The van der Waals surface area contributed by atoms with E-state index in [0.29, 0.717) is 79.3 Å². The molecule has 10 nitrogen and oxygen atoms in total. The molecule has 11 heteroatoms. The molecule has 0 aliphatic heterocycles. The normalized spacial score (nSPS) is 11.8. The van der Waals surface area contributed by atoms with E-state index in [-0.39, 0.29) is 18.1 Å². The fraction of sp³-hybridized carbons (Fsp3) is 0.778. The van der Waals surface area contributed by atoms with Crippen molar-refractivity contribution in [3.05, 3.63) is 30.3 Å². The number of benzene rings is 1. The summed E-state index contributed by atoms with van der Waals surface area (Å²) in [4.78, 5) is 0.128. The van der Waals surface area contributed by atoms with Crippen LogP contribution in [0.15, 0.2) is 35.2 Å². The molecule has 0 unspecified atom stereocenters. The molecule has 0 aliphatic carbocycles. The van der Waals surface area contributed by atoms with Gasteiger partial charge in [0.05, 0.1) is 97.4 Å². The number of unbranched alkanes of at least 4 members (excludes halogenated alkanes) is 4. The van der Waals surface area contributed by atoms with Crippen LogP contribution in [0.3, 0.4) is 0 Å². The average Bonchev–Trinajstić information content (AvgIpc) is 2.93. The van der Waals surface area contributed by atoms with Crippen molar-refractivity contribution in [2.45, 2.75) is 43.9 Å². The van der Waals surface area contributed by atoms with Gasteiger partial charge in [-0.1, -0.05) is 50.8 Å². The quantitative estimate of drug-likeness (QED) is 0.106. The van der Waals surface area contributed by atoms with Crippen LogP contribution in [0.4, 0.5) is 0 Å². The Kier molecular flexibility index (Phi) is 23.9. The molecule has 0 fully saturated rings. The van der Waals surface area contributed by atoms with Crippen LogP contribution < -0.4 is 0 Å². The Balaban J connectivity index is 1.70. The van der Waals surface area contributed by atoms with E-state index in [2.05, 4.69) is 6.92 Å². The second kappa shape index (κ2) is 26.1. The maximum Gasteiger partial charge on any atom is 0.297 e. The summed E-state index contributed by atoms with van der Waals surface area (Å²) in [6, 6.07) is 8.00. The second-order valence-electron chi connectivity index (χ2n) is 8.29. The van der Waals surface area contributed by atoms with Crippen LogP contribution >= 0.6 is 0 Å². The largest absolute Gasteiger partial charge is 0.379 e. The Bertz CT molecular complexity index is 718. The summed E-state index contributed by atoms with van der Waals surface area (Å²) in [6.07, 6.45) is 6.24. The van der Waals surface area contributed by atoms with Gasteiger partial charge in [-0.3, -0.25) is 4.18 Å². The van der Waals surface area contributed by atoms with Crippen LogP contribution in [0.25, 0.3) is 0 Å². The maximum absolute atomic E-state index is 11.9. The molecule has 0 N–H and O–H groups in total. The molecule has 0 aromatic heterocycles. The molecule has 0 saturated heterocycles. The number of rotatable bonds is 29. The van der Waals surface area contributed by atoms with Gasteiger partial charge in [0.1, 0.15) is 0 Å². The van der Waals surface area contributed by atoms with Crippen LogP contribution in [0.5, 0.6) is 0 Å². The van der Waals surface area contributed by atoms with E-state index in [1.165, 1.54) is 37.8 Å². The third-order valence-electron chi connectivity index (χ3n) is 5.12. The number of ether oxygens (including phenoxy) is 7. The van der Waals surface area contributed by atoms with Crippen molar-refractivity contribution in [1.82, 2.24) is 0 Å². The SMILES string of the molecule is CCCCCCCOCCOCCOCCOCCOCCOCCOCCOS(=O)(=O)c1ccccc1. The highest BCUT2D eigenvalue weighted by Gasteiger charge is 2.13. The monoisotopic (exact) mass is 564 g/mol. The van der Waals surface area contributed by atoms with Crippen LogP contribution in [0.2, 0.25) is 0 Å². The van der Waals surface area contributed by atoms with Crippen LogP contribution in [-0.2, 0) is 47.5 Å². The van der Waals surface area contributed by atoms with Crippen molar-refractivity contribution < 1.29 is 45.8 Å². The Morgan fingerprint density at radius 2 is 0.842 bits per heavy atom. The molecule has 38 heavy (non-hydrogen) atoms. The summed E-state index contributed by atoms with van der Waals surface area (Å²) in [5.74, 6) is 0. The summed E-state index contributed by atoms with van der Waals surface area (Å²) in [5.41, 5.74) is 0. The lowest BCUT2D eigenvalue weighted by atomic mass is 10.2. The third-order valence-corrected chi connectivity index (χ3v) is 6.45. The van der Waals surface area contributed by atoms with Gasteiger partial charge in [-0.05, 0) is 18.6 Å². The first-order chi connectivity index (χ1) is 18.7. The van der Waals surface area contributed by atoms with Crippen molar-refractivity contribution in [2.24, 2.45) is 0 Å². The lowest BCUT2D eigenvalue weighted by Crippen LogP contribution is -2.15. The molecule has 0 aliphatic rings. The van der Waals surface area contributed by atoms with Gasteiger partial charge in [0, 0.05) is 6.61 Å². The van der Waals surface area contributed by atoms with Gasteiger partial charge in [0.15, 0.2) is 0 Å². The Labute approximate surface area is 229 Å². The molecular formula is C27H48O10S. The smallest absolute Gasteiger partial charge is 0.297 e. The summed E-state index contributed by atoms with van der Waals surface area (Å²) in [6.45, 7) is 9.10. The van der Waals surface area contributed by atoms with Gasteiger partial charge < -0.3 is 33.2 Å². The van der Waals surface area contributed by atoms with Gasteiger partial charge >= 0.3 is 0 Å². The lowest BCUT2D eigenvalue weighted by molar-refractivity contribution is -0.0212. The molecule has 0 spiro atoms. The molecule has 0 amide bonds. The highest BCUT2D eigenvalue weighted by Crippen LogP contribution is 2.10. The minimum atomic E-state index is -3.74. The molecule has 222 valence electrons. The van der Waals surface area contributed by atoms with Crippen molar-refractivity contribution in [1.29, 1.82) is 0 Å². The first-order valence-corrected chi connectivity index (χ1v) is 15.1. The van der Waals surface area contributed by atoms with Crippen LogP contribution in [0.1, 0.15) is 39.0 Å². The van der Waals surface area contributed by atoms with Gasteiger partial charge in [-0.25, -0.2) is 0 Å². The predicted octanol–water partition coefficient (Wildman–Crippen LogP) is 3.48. The summed E-state index contributed by atoms with van der Waals surface area (Å²) in [5, 5.41) is 0. The van der Waals surface area contributed by atoms with E-state index < -0.39 is 10.1 Å². The predicted molar refractivity (Wildman–Crippen MR) is 144 cm³/mol. The third kappa shape index (κ3) is 21.7. The van der Waals surface area contributed by atoms with Crippen molar-refractivity contribution >= 4 is 10.1 Å². The van der Waals surface area contributed by atoms with E-state index in [4.69, 9.17) is 37.3 Å². The van der Waals surface area contributed by atoms with Crippen LogP contribution in [-0.4, -0.2) is 108 Å². The second-order valence-corrected chi connectivity index (χ2v) is 9.91. The van der Waals surface area contributed by atoms with Crippen molar-refractivity contribution in [3.63, 3.8) is 0 Å². The molecule has 0 saturated carbocycles. The Hall–Kier alpha value is -1.15. The first-order valence-electron chi connectivity index (χ1n) is 13.7. The Morgan fingerprint density at radius 1 is 0.474 bits per heavy atom. The van der Waals surface area contributed by atoms with E-state index in [9.17, 15) is 8.42 Å². The summed E-state index contributed by atoms with van der Waals surface area (Å²) >= 11 is 0. The minimum Gasteiger partial charge on any atom is -0.379 e. The number of hydrogen-bond acceptors (Lipinski definition) is 10. The fourth-order valence-corrected chi connectivity index (χ4v) is 4.00. The standard InChI is InChI=1S/C27H48O10S/c1-2-3-4-5-9-12-30-13-14-31-15-16-32-17-18-33-19-20-34-21-22-35-23-24-36-25-26-37-38(28,29)27-10-7-6-8-11-27/h6-8,10-11H,2-5,9,12-26H2,1H3. The van der Waals surface area contributed by atoms with Gasteiger partial charge in [-0.15, -0.1) is 0 Å².